The Morgan fingerprint density at radius 3 is 2.55 bits per heavy atom. The Morgan fingerprint density at radius 1 is 1.35 bits per heavy atom. The zero-order valence-electron chi connectivity index (χ0n) is 12.6. The van der Waals surface area contributed by atoms with E-state index in [1.165, 1.54) is 0 Å². The maximum absolute atomic E-state index is 11.9. The van der Waals surface area contributed by atoms with E-state index in [-0.39, 0.29) is 18.0 Å². The van der Waals surface area contributed by atoms with Crippen LogP contribution in [0.15, 0.2) is 0 Å². The van der Waals surface area contributed by atoms with Crippen molar-refractivity contribution in [1.29, 1.82) is 0 Å². The number of nitrogens with one attached hydrogen (secondary N) is 1. The van der Waals surface area contributed by atoms with Crippen LogP contribution in [0.3, 0.4) is 0 Å². The summed E-state index contributed by atoms with van der Waals surface area (Å²) in [5.41, 5.74) is 5.84. The number of piperidine rings is 1. The molecule has 6 heteroatoms. The fraction of sp³-hybridized carbons (Fsp3) is 0.857. The van der Waals surface area contributed by atoms with Crippen molar-refractivity contribution < 1.29 is 14.3 Å². The largest absolute Gasteiger partial charge is 0.450 e. The average molecular weight is 285 g/mol. The van der Waals surface area contributed by atoms with Crippen molar-refractivity contribution in [2.45, 2.75) is 58.0 Å². The quantitative estimate of drug-likeness (QED) is 0.769. The molecule has 3 N–H and O–H groups in total. The monoisotopic (exact) mass is 285 g/mol. The van der Waals surface area contributed by atoms with Gasteiger partial charge < -0.3 is 20.7 Å². The minimum absolute atomic E-state index is 0.0759. The molecule has 1 aliphatic rings. The van der Waals surface area contributed by atoms with Crippen LogP contribution in [0.4, 0.5) is 4.79 Å². The van der Waals surface area contributed by atoms with Gasteiger partial charge in [0.1, 0.15) is 0 Å². The van der Waals surface area contributed by atoms with Crippen LogP contribution in [0.5, 0.6) is 0 Å². The number of nitrogens with zero attached hydrogens (tertiary/aromatic N) is 1. The van der Waals surface area contributed by atoms with Gasteiger partial charge in [-0.2, -0.15) is 0 Å². The van der Waals surface area contributed by atoms with E-state index in [9.17, 15) is 9.59 Å². The van der Waals surface area contributed by atoms with Crippen LogP contribution in [0.25, 0.3) is 0 Å². The Morgan fingerprint density at radius 2 is 2.00 bits per heavy atom. The van der Waals surface area contributed by atoms with E-state index in [1.807, 2.05) is 0 Å². The third-order valence-electron chi connectivity index (χ3n) is 3.57. The summed E-state index contributed by atoms with van der Waals surface area (Å²) in [7, 11) is 0. The molecule has 6 nitrogen and oxygen atoms in total. The highest BCUT2D eigenvalue weighted by molar-refractivity contribution is 5.81. The second kappa shape index (κ2) is 8.79. The summed E-state index contributed by atoms with van der Waals surface area (Å²) in [4.78, 5) is 25.1. The maximum Gasteiger partial charge on any atom is 0.409 e. The second-order valence-electron chi connectivity index (χ2n) is 5.22. The summed E-state index contributed by atoms with van der Waals surface area (Å²) < 4.78 is 4.96. The van der Waals surface area contributed by atoms with Gasteiger partial charge in [0.2, 0.25) is 5.91 Å². The Hall–Kier alpha value is -1.30. The molecule has 0 unspecified atom stereocenters. The predicted octanol–water partition coefficient (Wildman–Crippen LogP) is 1.24. The number of hydrogen-bond acceptors (Lipinski definition) is 4. The molecule has 0 spiro atoms. The molecule has 2 amide bonds. The van der Waals surface area contributed by atoms with Crippen molar-refractivity contribution in [3.05, 3.63) is 0 Å². The maximum atomic E-state index is 11.9. The number of likely N-dealkylation sites (tertiary alicyclic amines) is 1. The molecule has 0 aliphatic carbocycles. The highest BCUT2D eigenvalue weighted by Gasteiger charge is 2.25. The first-order valence-corrected chi connectivity index (χ1v) is 7.56. The first-order chi connectivity index (χ1) is 9.58. The third-order valence-corrected chi connectivity index (χ3v) is 3.57. The number of hydrogen-bond donors (Lipinski definition) is 2. The standard InChI is InChI=1S/C14H27N3O3/c1-3-5-6-12(15)13(18)16-11-7-9-17(10-8-11)14(19)20-4-2/h11-12H,3-10,15H2,1-2H3,(H,16,18)/t12-/m0/s1. The molecule has 116 valence electrons. The Kier molecular flexibility index (Phi) is 7.36. The van der Waals surface area contributed by atoms with Crippen molar-refractivity contribution in [1.82, 2.24) is 10.2 Å². The summed E-state index contributed by atoms with van der Waals surface area (Å²) in [6, 6.07) is -0.307. The molecule has 1 aliphatic heterocycles. The van der Waals surface area contributed by atoms with Gasteiger partial charge in [0.25, 0.3) is 0 Å². The number of carbonyl (C=O) groups is 2. The molecule has 1 rings (SSSR count). The molecule has 1 saturated heterocycles. The summed E-state index contributed by atoms with van der Waals surface area (Å²) in [6.45, 7) is 5.50. The molecule has 1 fully saturated rings. The van der Waals surface area contributed by atoms with E-state index in [2.05, 4.69) is 12.2 Å². The molecule has 0 radical (unpaired) electrons. The molecule has 1 heterocycles. The van der Waals surface area contributed by atoms with E-state index >= 15 is 0 Å². The van der Waals surface area contributed by atoms with Gasteiger partial charge in [-0.3, -0.25) is 4.79 Å². The summed E-state index contributed by atoms with van der Waals surface area (Å²) in [6.07, 6.45) is 3.98. The molecular weight excluding hydrogens is 258 g/mol. The lowest BCUT2D eigenvalue weighted by Gasteiger charge is -2.32. The predicted molar refractivity (Wildman–Crippen MR) is 77.3 cm³/mol. The molecular formula is C14H27N3O3. The van der Waals surface area contributed by atoms with Crippen LogP contribution >= 0.6 is 0 Å². The van der Waals surface area contributed by atoms with E-state index in [0.717, 1.165) is 32.1 Å². The number of unbranched alkanes of at least 4 members (excludes halogenated alkanes) is 1. The number of nitrogens with two attached hydrogens (primary N) is 1. The molecule has 0 bridgehead atoms. The van der Waals surface area contributed by atoms with E-state index in [1.54, 1.807) is 11.8 Å². The van der Waals surface area contributed by atoms with Gasteiger partial charge in [-0.05, 0) is 26.2 Å². The van der Waals surface area contributed by atoms with Crippen LogP contribution in [0, 0.1) is 0 Å². The minimum atomic E-state index is -0.418. The van der Waals surface area contributed by atoms with Crippen molar-refractivity contribution in [2.75, 3.05) is 19.7 Å². The molecule has 0 aromatic heterocycles. The highest BCUT2D eigenvalue weighted by Crippen LogP contribution is 2.12. The molecule has 0 aromatic rings. The molecule has 20 heavy (non-hydrogen) atoms. The number of ether oxygens (including phenoxy) is 1. The lowest BCUT2D eigenvalue weighted by Crippen LogP contribution is -2.50. The first-order valence-electron chi connectivity index (χ1n) is 7.56. The van der Waals surface area contributed by atoms with Crippen LogP contribution in [0.2, 0.25) is 0 Å². The van der Waals surface area contributed by atoms with E-state index < -0.39 is 6.04 Å². The zero-order chi connectivity index (χ0) is 15.0. The Labute approximate surface area is 121 Å². The van der Waals surface area contributed by atoms with Crippen LogP contribution < -0.4 is 11.1 Å². The smallest absolute Gasteiger partial charge is 0.409 e. The van der Waals surface area contributed by atoms with Gasteiger partial charge in [-0.25, -0.2) is 4.79 Å². The Bertz CT molecular complexity index is 315. The topological polar surface area (TPSA) is 84.7 Å². The van der Waals surface area contributed by atoms with Crippen LogP contribution in [-0.4, -0.2) is 48.7 Å². The number of carbonyl (C=O) groups excluding carboxylic acids is 2. The first kappa shape index (κ1) is 16.8. The summed E-state index contributed by atoms with van der Waals surface area (Å²) in [5, 5.41) is 2.98. The molecule has 0 aromatic carbocycles. The van der Waals surface area contributed by atoms with Gasteiger partial charge in [0, 0.05) is 19.1 Å². The number of amides is 2. The van der Waals surface area contributed by atoms with Gasteiger partial charge in [-0.15, -0.1) is 0 Å². The van der Waals surface area contributed by atoms with Crippen LogP contribution in [0.1, 0.15) is 46.0 Å². The lowest BCUT2D eigenvalue weighted by atomic mass is 10.0. The van der Waals surface area contributed by atoms with Crippen molar-refractivity contribution in [2.24, 2.45) is 5.73 Å². The second-order valence-corrected chi connectivity index (χ2v) is 5.22. The minimum Gasteiger partial charge on any atom is -0.450 e. The summed E-state index contributed by atoms with van der Waals surface area (Å²) >= 11 is 0. The van der Waals surface area contributed by atoms with Crippen LogP contribution in [-0.2, 0) is 9.53 Å². The van der Waals surface area contributed by atoms with Gasteiger partial charge in [-0.1, -0.05) is 19.8 Å². The molecule has 0 saturated carbocycles. The zero-order valence-corrected chi connectivity index (χ0v) is 12.6. The fourth-order valence-electron chi connectivity index (χ4n) is 2.28. The third kappa shape index (κ3) is 5.36. The van der Waals surface area contributed by atoms with Crippen molar-refractivity contribution >= 4 is 12.0 Å². The fourth-order valence-corrected chi connectivity index (χ4v) is 2.28. The molecule has 1 atom stereocenters. The van der Waals surface area contributed by atoms with Gasteiger partial charge in [0.05, 0.1) is 12.6 Å². The average Bonchev–Trinajstić information content (AvgIpc) is 2.45. The van der Waals surface area contributed by atoms with E-state index in [0.29, 0.717) is 19.7 Å². The van der Waals surface area contributed by atoms with Crippen molar-refractivity contribution in [3.63, 3.8) is 0 Å². The normalized spacial score (nSPS) is 17.6. The SMILES string of the molecule is CCCC[C@H](N)C(=O)NC1CCN(C(=O)OCC)CC1. The summed E-state index contributed by atoms with van der Waals surface area (Å²) in [5.74, 6) is -0.0759. The lowest BCUT2D eigenvalue weighted by molar-refractivity contribution is -0.123. The van der Waals surface area contributed by atoms with Gasteiger partial charge >= 0.3 is 6.09 Å². The number of rotatable bonds is 6. The van der Waals surface area contributed by atoms with E-state index in [4.69, 9.17) is 10.5 Å². The highest BCUT2D eigenvalue weighted by atomic mass is 16.6. The Balaban J connectivity index is 2.28. The van der Waals surface area contributed by atoms with Crippen molar-refractivity contribution in [3.8, 4) is 0 Å². The van der Waals surface area contributed by atoms with Gasteiger partial charge in [0.15, 0.2) is 0 Å².